The first-order valence-corrected chi connectivity index (χ1v) is 24.2. The number of imide groups is 1. The first-order valence-electron chi connectivity index (χ1n) is 24.2. The highest BCUT2D eigenvalue weighted by Crippen LogP contribution is 2.38. The number of anilines is 1. The third kappa shape index (κ3) is 10.6. The summed E-state index contributed by atoms with van der Waals surface area (Å²) in [4.78, 5) is 62.7. The van der Waals surface area contributed by atoms with Crippen molar-refractivity contribution in [2.75, 3.05) is 70.9 Å². The lowest BCUT2D eigenvalue weighted by molar-refractivity contribution is -0.135. The Morgan fingerprint density at radius 1 is 0.956 bits per heavy atom. The van der Waals surface area contributed by atoms with Gasteiger partial charge in [-0.3, -0.25) is 39.2 Å². The molecule has 2 aromatic carbocycles. The van der Waals surface area contributed by atoms with Gasteiger partial charge in [-0.25, -0.2) is 13.6 Å². The van der Waals surface area contributed by atoms with Gasteiger partial charge in [0.1, 0.15) is 11.9 Å². The fourth-order valence-electron chi connectivity index (χ4n) is 10.6. The minimum Gasteiger partial charge on any atom is -0.404 e. The predicted octanol–water partition coefficient (Wildman–Crippen LogP) is 5.09. The van der Waals surface area contributed by atoms with Gasteiger partial charge in [0.05, 0.1) is 17.6 Å². The molecule has 3 aromatic rings. The minimum atomic E-state index is -2.75. The van der Waals surface area contributed by atoms with Crippen LogP contribution in [0.5, 0.6) is 0 Å². The van der Waals surface area contributed by atoms with Crippen LogP contribution in [0.15, 0.2) is 57.6 Å². The molecule has 1 aromatic heterocycles. The molecule has 1 unspecified atom stereocenters. The van der Waals surface area contributed by atoms with Gasteiger partial charge in [0.2, 0.25) is 17.7 Å². The van der Waals surface area contributed by atoms with Gasteiger partial charge in [0.25, 0.3) is 6.43 Å². The molecule has 0 aliphatic carbocycles. The number of likely N-dealkylation sites (tertiary alicyclic amines) is 2. The maximum absolute atomic E-state index is 14.6. The summed E-state index contributed by atoms with van der Waals surface area (Å²) in [6, 6.07) is 8.47. The summed E-state index contributed by atoms with van der Waals surface area (Å²) in [6.07, 6.45) is 8.82. The number of carbonyl (C=O) groups is 3. The lowest BCUT2D eigenvalue weighted by atomic mass is 9.91. The van der Waals surface area contributed by atoms with E-state index in [4.69, 9.17) is 5.73 Å². The average molecular weight is 934 g/mol. The van der Waals surface area contributed by atoms with Gasteiger partial charge in [-0.15, -0.1) is 0 Å². The zero-order valence-electron chi connectivity index (χ0n) is 39.6. The highest BCUT2D eigenvalue weighted by atomic mass is 19.3. The quantitative estimate of drug-likeness (QED) is 0.0634. The van der Waals surface area contributed by atoms with Crippen LogP contribution in [0.3, 0.4) is 0 Å². The molecule has 15 nitrogen and oxygen atoms in total. The summed E-state index contributed by atoms with van der Waals surface area (Å²) >= 11 is 0. The molecule has 3 amide bonds. The molecule has 362 valence electrons. The Morgan fingerprint density at radius 3 is 2.34 bits per heavy atom. The third-order valence-corrected chi connectivity index (χ3v) is 14.5. The zero-order valence-corrected chi connectivity index (χ0v) is 39.6. The van der Waals surface area contributed by atoms with Gasteiger partial charge < -0.3 is 30.7 Å². The average Bonchev–Trinajstić information content (AvgIpc) is 3.58. The maximum atomic E-state index is 14.6. The van der Waals surface area contributed by atoms with Gasteiger partial charge in [-0.05, 0) is 125 Å². The van der Waals surface area contributed by atoms with Crippen molar-refractivity contribution < 1.29 is 23.2 Å². The van der Waals surface area contributed by atoms with E-state index in [1.165, 1.54) is 23.0 Å². The van der Waals surface area contributed by atoms with E-state index in [0.29, 0.717) is 72.7 Å². The van der Waals surface area contributed by atoms with Crippen LogP contribution in [0.2, 0.25) is 0 Å². The summed E-state index contributed by atoms with van der Waals surface area (Å²) in [5.74, 6) is 6.57. The number of halogens is 2. The van der Waals surface area contributed by atoms with Crippen LogP contribution in [-0.4, -0.2) is 126 Å². The van der Waals surface area contributed by atoms with Crippen molar-refractivity contribution in [3.8, 4) is 11.8 Å². The van der Waals surface area contributed by atoms with Crippen molar-refractivity contribution in [1.29, 1.82) is 5.41 Å². The normalized spacial score (nSPS) is 20.6. The van der Waals surface area contributed by atoms with E-state index >= 15 is 0 Å². The van der Waals surface area contributed by atoms with E-state index in [0.717, 1.165) is 107 Å². The van der Waals surface area contributed by atoms with E-state index in [1.807, 2.05) is 23.1 Å². The molecule has 0 bridgehead atoms. The van der Waals surface area contributed by atoms with Crippen LogP contribution in [0.4, 0.5) is 14.5 Å². The number of aliphatic imine (C=N–C) groups is 1. The fourth-order valence-corrected chi connectivity index (χ4v) is 10.6. The van der Waals surface area contributed by atoms with E-state index in [-0.39, 0.29) is 41.4 Å². The SMILES string of the molecule is CN=CC(=CN)c1cc2c(cc1C(F)F)N(C(=N)C1=C(NC3CCN(CCCCN4CCC(C#Cc5ccc6c(c5)n(C)c(=O)n6C5CCC(=O)NC5=O)CC4)CC3)CCN(C(C)=O)C1)CCC2. The highest BCUT2D eigenvalue weighted by Gasteiger charge is 2.33. The van der Waals surface area contributed by atoms with E-state index < -0.39 is 18.4 Å². The Balaban J connectivity index is 0.806. The molecular formula is C51H65F2N11O4. The van der Waals surface area contributed by atoms with Gasteiger partial charge in [-0.1, -0.05) is 11.8 Å². The maximum Gasteiger partial charge on any atom is 0.329 e. The second kappa shape index (κ2) is 21.5. The molecule has 6 heterocycles. The molecule has 5 N–H and O–H groups in total. The second-order valence-electron chi connectivity index (χ2n) is 18.9. The second-order valence-corrected chi connectivity index (χ2v) is 18.9. The molecule has 68 heavy (non-hydrogen) atoms. The van der Waals surface area contributed by atoms with Gasteiger partial charge in [0, 0.05) is 118 Å². The minimum absolute atomic E-state index is 0.0511. The number of fused-ring (bicyclic) bond motifs is 2. The van der Waals surface area contributed by atoms with Crippen molar-refractivity contribution in [2.24, 2.45) is 23.7 Å². The molecule has 1 atom stereocenters. The summed E-state index contributed by atoms with van der Waals surface area (Å²) in [5.41, 5.74) is 11.6. The van der Waals surface area contributed by atoms with Crippen LogP contribution in [0.25, 0.3) is 16.6 Å². The van der Waals surface area contributed by atoms with Crippen LogP contribution in [-0.2, 0) is 27.9 Å². The molecule has 5 aliphatic rings. The van der Waals surface area contributed by atoms with Crippen LogP contribution < -0.4 is 27.0 Å². The van der Waals surface area contributed by atoms with Crippen LogP contribution >= 0.6 is 0 Å². The molecule has 8 rings (SSSR count). The van der Waals surface area contributed by atoms with Crippen molar-refractivity contribution >= 4 is 52.1 Å². The third-order valence-electron chi connectivity index (χ3n) is 14.5. The number of amides is 3. The first kappa shape index (κ1) is 48.3. The number of alkyl halides is 2. The van der Waals surface area contributed by atoms with Crippen molar-refractivity contribution in [3.63, 3.8) is 0 Å². The number of aryl methyl sites for hydroxylation is 2. The van der Waals surface area contributed by atoms with Gasteiger partial charge in [0.15, 0.2) is 0 Å². The van der Waals surface area contributed by atoms with Gasteiger partial charge in [-0.2, -0.15) is 0 Å². The number of benzene rings is 2. The summed E-state index contributed by atoms with van der Waals surface area (Å²) in [7, 11) is 3.27. The molecule has 0 radical (unpaired) electrons. The van der Waals surface area contributed by atoms with Crippen LogP contribution in [0, 0.1) is 23.2 Å². The Kier molecular flexibility index (Phi) is 15.2. The molecule has 0 saturated carbocycles. The van der Waals surface area contributed by atoms with Crippen molar-refractivity contribution in [1.82, 2.24) is 34.5 Å². The topological polar surface area (TPSA) is 177 Å². The number of nitrogens with one attached hydrogen (secondary N) is 3. The number of aromatic nitrogens is 2. The Hall–Kier alpha value is -6.12. The van der Waals surface area contributed by atoms with Crippen molar-refractivity contribution in [2.45, 2.75) is 96.1 Å². The first-order chi connectivity index (χ1) is 32.8. The standard InChI is InChI=1S/C51H65F2N11O4/c1-33(65)62-26-18-42(41(32-62)49(55)63-21-6-7-36-28-39(37(30-54)31-56-2)40(48(52)53)29-45(36)63)57-38-16-24-61(25-17-38)20-5-4-19-60-22-14-34(15-23-60)8-9-35-10-11-43-46(27-35)59(3)51(68)64(43)44-12-13-47(66)58-50(44)67/h10-11,27-31,34,38,44,48,55,57H,4-7,12-26,32,54H2,1-3H3,(H,58,66,67). The summed E-state index contributed by atoms with van der Waals surface area (Å²) in [6.45, 7) is 9.05. The number of rotatable bonds is 12. The lowest BCUT2D eigenvalue weighted by Gasteiger charge is -2.39. The number of nitrogens with zero attached hydrogens (tertiary/aromatic N) is 7. The molecule has 3 fully saturated rings. The smallest absolute Gasteiger partial charge is 0.329 e. The van der Waals surface area contributed by atoms with Crippen molar-refractivity contribution in [3.05, 3.63) is 80.5 Å². The summed E-state index contributed by atoms with van der Waals surface area (Å²) < 4.78 is 32.2. The number of allylic oxidation sites excluding steroid dienone is 1. The largest absolute Gasteiger partial charge is 0.404 e. The zero-order chi connectivity index (χ0) is 48.1. The number of unbranched alkanes of at least 4 members (excludes halogenated alkanes) is 1. The van der Waals surface area contributed by atoms with E-state index in [1.54, 1.807) is 36.6 Å². The Labute approximate surface area is 397 Å². The Bertz CT molecular complexity index is 2640. The fraction of sp³-hybridized carbons (Fsp3) is 0.529. The number of nitrogens with two attached hydrogens (primary N) is 1. The number of amidine groups is 1. The van der Waals surface area contributed by atoms with E-state index in [2.05, 4.69) is 37.3 Å². The predicted molar refractivity (Wildman–Crippen MR) is 262 cm³/mol. The molecule has 3 saturated heterocycles. The molecule has 0 spiro atoms. The summed E-state index contributed by atoms with van der Waals surface area (Å²) in [5, 5.41) is 15.7. The number of carbonyl (C=O) groups excluding carboxylic acids is 3. The van der Waals surface area contributed by atoms with E-state index in [9.17, 15) is 33.4 Å². The molecule has 17 heteroatoms. The van der Waals surface area contributed by atoms with Gasteiger partial charge >= 0.3 is 5.69 Å². The lowest BCUT2D eigenvalue weighted by Crippen LogP contribution is -2.48. The number of hydrogen-bond acceptors (Lipinski definition) is 10. The number of piperidine rings is 3. The highest BCUT2D eigenvalue weighted by molar-refractivity contribution is 6.12. The molecular weight excluding hydrogens is 869 g/mol. The van der Waals surface area contributed by atoms with Crippen LogP contribution in [0.1, 0.15) is 106 Å². The Morgan fingerprint density at radius 2 is 1.68 bits per heavy atom. The molecule has 5 aliphatic heterocycles. The number of hydrogen-bond donors (Lipinski definition) is 4. The number of imidazole rings is 1. The monoisotopic (exact) mass is 934 g/mol.